The third-order valence-electron chi connectivity index (χ3n) is 8.31. The third-order valence-corrected chi connectivity index (χ3v) is 8.31. The number of nitrogens with one attached hydrogen (secondary N) is 2. The fourth-order valence-electron chi connectivity index (χ4n) is 6.18. The number of aryl methyl sites for hydroxylation is 1. The van der Waals surface area contributed by atoms with Crippen molar-refractivity contribution in [3.8, 4) is 0 Å². The van der Waals surface area contributed by atoms with Crippen LogP contribution in [0.15, 0.2) is 12.1 Å². The molecule has 0 aromatic carbocycles. The van der Waals surface area contributed by atoms with E-state index in [0.29, 0.717) is 36.6 Å². The lowest BCUT2D eigenvalue weighted by molar-refractivity contribution is -0.141. The maximum absolute atomic E-state index is 13.1. The van der Waals surface area contributed by atoms with Gasteiger partial charge in [0.25, 0.3) is 0 Å². The topological polar surface area (TPSA) is 99.3 Å². The zero-order valence-corrected chi connectivity index (χ0v) is 20.9. The average molecular weight is 480 g/mol. The van der Waals surface area contributed by atoms with Crippen molar-refractivity contribution in [1.29, 1.82) is 0 Å². The molecule has 0 radical (unpaired) electrons. The fraction of sp³-hybridized carbons (Fsp3) is 0.692. The largest absolute Gasteiger partial charge is 0.381 e. The van der Waals surface area contributed by atoms with Gasteiger partial charge in [0, 0.05) is 61.9 Å². The molecule has 2 bridgehead atoms. The molecule has 2 N–H and O–H groups in total. The summed E-state index contributed by atoms with van der Waals surface area (Å²) in [6, 6.07) is 5.02. The van der Waals surface area contributed by atoms with Crippen molar-refractivity contribution in [2.75, 3.05) is 30.5 Å². The Kier molecular flexibility index (Phi) is 6.12. The van der Waals surface area contributed by atoms with Gasteiger partial charge in [0.15, 0.2) is 5.82 Å². The van der Waals surface area contributed by atoms with Crippen LogP contribution in [0, 0.1) is 12.8 Å². The van der Waals surface area contributed by atoms with Crippen LogP contribution in [0.25, 0.3) is 0 Å². The molecule has 188 valence electrons. The van der Waals surface area contributed by atoms with Crippen molar-refractivity contribution in [2.24, 2.45) is 5.92 Å². The van der Waals surface area contributed by atoms with E-state index >= 15 is 0 Å². The van der Waals surface area contributed by atoms with Crippen LogP contribution in [0.3, 0.4) is 0 Å². The predicted molar refractivity (Wildman–Crippen MR) is 134 cm³/mol. The minimum atomic E-state index is 0.285. The van der Waals surface area contributed by atoms with E-state index in [1.165, 1.54) is 19.3 Å². The standard InChI is InChI=1S/C26H37N7O2/c1-16-10-24(31-30-16)28-23-14-22(18-8-9-35-15-18)27-26(29-23)32(2)21-12-19-4-3-5-20(13-21)33(19)25(34)11-17-6-7-17/h10,14,17-21H,3-9,11-13,15H2,1-2H3,(H2,27,28,29,30,31)/t18?,19-,20+,21?. The lowest BCUT2D eigenvalue weighted by Gasteiger charge is -2.50. The van der Waals surface area contributed by atoms with Crippen molar-refractivity contribution in [1.82, 2.24) is 25.1 Å². The van der Waals surface area contributed by atoms with Gasteiger partial charge in [0.2, 0.25) is 11.9 Å². The summed E-state index contributed by atoms with van der Waals surface area (Å²) in [6.45, 7) is 3.46. The Morgan fingerprint density at radius 3 is 2.60 bits per heavy atom. The second kappa shape index (κ2) is 9.41. The molecule has 6 rings (SSSR count). The van der Waals surface area contributed by atoms with Gasteiger partial charge in [-0.15, -0.1) is 0 Å². The van der Waals surface area contributed by atoms with E-state index in [-0.39, 0.29) is 5.92 Å². The van der Waals surface area contributed by atoms with Gasteiger partial charge >= 0.3 is 0 Å². The van der Waals surface area contributed by atoms with Crippen LogP contribution in [0.1, 0.15) is 75.1 Å². The number of carbonyl (C=O) groups is 1. The highest BCUT2D eigenvalue weighted by atomic mass is 16.5. The summed E-state index contributed by atoms with van der Waals surface area (Å²) in [7, 11) is 2.12. The lowest BCUT2D eigenvalue weighted by Crippen LogP contribution is -2.58. The highest BCUT2D eigenvalue weighted by molar-refractivity contribution is 5.77. The van der Waals surface area contributed by atoms with E-state index < -0.39 is 0 Å². The minimum Gasteiger partial charge on any atom is -0.381 e. The van der Waals surface area contributed by atoms with Crippen molar-refractivity contribution in [3.05, 3.63) is 23.5 Å². The van der Waals surface area contributed by atoms with E-state index in [9.17, 15) is 4.79 Å². The molecule has 2 aromatic rings. The summed E-state index contributed by atoms with van der Waals surface area (Å²) in [4.78, 5) is 27.5. The summed E-state index contributed by atoms with van der Waals surface area (Å²) >= 11 is 0. The molecule has 9 nitrogen and oxygen atoms in total. The summed E-state index contributed by atoms with van der Waals surface area (Å²) in [5.41, 5.74) is 2.02. The van der Waals surface area contributed by atoms with Crippen molar-refractivity contribution < 1.29 is 9.53 Å². The first kappa shape index (κ1) is 22.8. The number of ether oxygens (including phenoxy) is 1. The number of piperidine rings is 2. The molecule has 1 aliphatic carbocycles. The first-order valence-electron chi connectivity index (χ1n) is 13.3. The normalized spacial score (nSPS) is 28.2. The Morgan fingerprint density at radius 2 is 1.94 bits per heavy atom. The van der Waals surface area contributed by atoms with E-state index in [1.807, 2.05) is 19.1 Å². The van der Waals surface area contributed by atoms with Gasteiger partial charge in [0.1, 0.15) is 5.82 Å². The number of anilines is 3. The Bertz CT molecular complexity index is 1050. The molecular weight excluding hydrogens is 442 g/mol. The maximum atomic E-state index is 13.1. The van der Waals surface area contributed by atoms with Crippen LogP contribution >= 0.6 is 0 Å². The van der Waals surface area contributed by atoms with Crippen molar-refractivity contribution >= 4 is 23.5 Å². The van der Waals surface area contributed by atoms with Gasteiger partial charge in [-0.1, -0.05) is 0 Å². The number of nitrogens with zero attached hydrogens (tertiary/aromatic N) is 5. The molecule has 3 aliphatic heterocycles. The van der Waals surface area contributed by atoms with E-state index in [1.54, 1.807) is 0 Å². The minimum absolute atomic E-state index is 0.285. The van der Waals surface area contributed by atoms with Crippen molar-refractivity contribution in [2.45, 2.75) is 88.8 Å². The monoisotopic (exact) mass is 479 g/mol. The first-order valence-corrected chi connectivity index (χ1v) is 13.3. The Labute approximate surface area is 207 Å². The molecule has 2 aromatic heterocycles. The number of aromatic amines is 1. The second-order valence-corrected chi connectivity index (χ2v) is 11.0. The molecule has 4 aliphatic rings. The smallest absolute Gasteiger partial charge is 0.227 e. The molecule has 4 fully saturated rings. The van der Waals surface area contributed by atoms with E-state index in [0.717, 1.165) is 74.1 Å². The third kappa shape index (κ3) is 4.87. The Morgan fingerprint density at radius 1 is 1.14 bits per heavy atom. The van der Waals surface area contributed by atoms with Gasteiger partial charge in [-0.25, -0.2) is 4.98 Å². The number of carbonyl (C=O) groups excluding carboxylic acids is 1. The van der Waals surface area contributed by atoms with Gasteiger partial charge in [-0.05, 0) is 64.2 Å². The summed E-state index contributed by atoms with van der Waals surface area (Å²) in [5, 5.41) is 10.7. The zero-order chi connectivity index (χ0) is 23.9. The van der Waals surface area contributed by atoms with Gasteiger partial charge < -0.3 is 19.9 Å². The lowest BCUT2D eigenvalue weighted by atomic mass is 9.81. The summed E-state index contributed by atoms with van der Waals surface area (Å²) in [5.74, 6) is 3.57. The van der Waals surface area contributed by atoms with Gasteiger partial charge in [-0.2, -0.15) is 10.1 Å². The fourth-order valence-corrected chi connectivity index (χ4v) is 6.18. The highest BCUT2D eigenvalue weighted by Gasteiger charge is 2.43. The number of hydrogen-bond donors (Lipinski definition) is 2. The molecule has 3 saturated heterocycles. The van der Waals surface area contributed by atoms with Crippen LogP contribution in [0.5, 0.6) is 0 Å². The van der Waals surface area contributed by atoms with Crippen LogP contribution < -0.4 is 10.2 Å². The van der Waals surface area contributed by atoms with E-state index in [2.05, 4.69) is 32.4 Å². The molecule has 1 saturated carbocycles. The van der Waals surface area contributed by atoms with Crippen LogP contribution in [-0.4, -0.2) is 69.4 Å². The number of hydrogen-bond acceptors (Lipinski definition) is 7. The van der Waals surface area contributed by atoms with E-state index in [4.69, 9.17) is 14.7 Å². The van der Waals surface area contributed by atoms with Gasteiger partial charge in [0.05, 0.1) is 12.3 Å². The van der Waals surface area contributed by atoms with Gasteiger partial charge in [-0.3, -0.25) is 9.89 Å². The molecule has 2 unspecified atom stereocenters. The quantitative estimate of drug-likeness (QED) is 0.621. The molecular formula is C26H37N7O2. The molecule has 0 spiro atoms. The first-order chi connectivity index (χ1) is 17.0. The molecule has 9 heteroatoms. The Hall–Kier alpha value is -2.68. The van der Waals surface area contributed by atoms with Crippen LogP contribution in [-0.2, 0) is 9.53 Å². The maximum Gasteiger partial charge on any atom is 0.227 e. The van der Waals surface area contributed by atoms with Crippen LogP contribution in [0.2, 0.25) is 0 Å². The summed E-state index contributed by atoms with van der Waals surface area (Å²) < 4.78 is 5.66. The van der Waals surface area contributed by atoms with Crippen LogP contribution in [0.4, 0.5) is 17.6 Å². The average Bonchev–Trinajstić information content (AvgIpc) is 3.30. The number of rotatable bonds is 7. The number of aromatic nitrogens is 4. The molecule has 4 atom stereocenters. The van der Waals surface area contributed by atoms with Crippen molar-refractivity contribution in [3.63, 3.8) is 0 Å². The summed E-state index contributed by atoms with van der Waals surface area (Å²) in [6.07, 6.45) is 9.63. The molecule has 5 heterocycles. The highest BCUT2D eigenvalue weighted by Crippen LogP contribution is 2.40. The predicted octanol–water partition coefficient (Wildman–Crippen LogP) is 3.90. The molecule has 1 amide bonds. The number of H-pyrrole nitrogens is 1. The number of fused-ring (bicyclic) bond motifs is 2. The SMILES string of the molecule is Cc1cc(Nc2cc(C3CCOC3)nc(N(C)C3C[C@H]4CCC[C@@H](C3)N4C(=O)CC3CC3)n2)n[nH]1. The Balaban J connectivity index is 1.23. The number of amides is 1. The zero-order valence-electron chi connectivity index (χ0n) is 20.9. The second-order valence-electron chi connectivity index (χ2n) is 11.0. The molecule has 35 heavy (non-hydrogen) atoms.